The molecule has 2 N–H and O–H groups in total. The van der Waals surface area contributed by atoms with E-state index in [-0.39, 0.29) is 6.03 Å². The van der Waals surface area contributed by atoms with E-state index in [1.165, 1.54) is 0 Å². The topological polar surface area (TPSA) is 97.3 Å². The molecular weight excluding hydrogens is 424 g/mol. The van der Waals surface area contributed by atoms with Gasteiger partial charge in [-0.1, -0.05) is 18.2 Å². The molecule has 0 aromatic heterocycles. The number of ether oxygens (including phenoxy) is 3. The molecule has 2 aromatic rings. The molecule has 1 saturated carbocycles. The molecule has 1 unspecified atom stereocenters. The summed E-state index contributed by atoms with van der Waals surface area (Å²) in [6.07, 6.45) is 1.72. The van der Waals surface area contributed by atoms with Gasteiger partial charge >= 0.3 is 12.0 Å². The molecule has 1 aliphatic carbocycles. The van der Waals surface area contributed by atoms with Crippen molar-refractivity contribution in [2.24, 2.45) is 5.92 Å². The number of nitrogens with one attached hydrogen (secondary N) is 1. The van der Waals surface area contributed by atoms with Crippen molar-refractivity contribution < 1.29 is 28.9 Å². The van der Waals surface area contributed by atoms with Crippen LogP contribution in [0.25, 0.3) is 0 Å². The zero-order valence-electron chi connectivity index (χ0n) is 19.2. The smallest absolute Gasteiger partial charge is 0.333 e. The summed E-state index contributed by atoms with van der Waals surface area (Å²) in [4.78, 5) is 25.9. The summed E-state index contributed by atoms with van der Waals surface area (Å²) >= 11 is 0. The summed E-state index contributed by atoms with van der Waals surface area (Å²) < 4.78 is 16.3. The van der Waals surface area contributed by atoms with E-state index in [0.29, 0.717) is 55.8 Å². The summed E-state index contributed by atoms with van der Waals surface area (Å²) in [5.41, 5.74) is 1.54. The van der Waals surface area contributed by atoms with Crippen LogP contribution >= 0.6 is 0 Å². The lowest BCUT2D eigenvalue weighted by atomic mass is 10.1. The SMILES string of the molecule is CCOC(Cc1ccc(OCCN(CC2CC2)C(=O)Nc2cccc(OC)c2)cc1)C(=O)O. The zero-order valence-corrected chi connectivity index (χ0v) is 19.2. The first-order valence-corrected chi connectivity index (χ1v) is 11.2. The van der Waals surface area contributed by atoms with E-state index < -0.39 is 12.1 Å². The molecule has 0 aliphatic heterocycles. The Morgan fingerprint density at radius 3 is 2.55 bits per heavy atom. The number of carboxylic acids is 1. The van der Waals surface area contributed by atoms with Crippen molar-refractivity contribution in [1.82, 2.24) is 4.90 Å². The lowest BCUT2D eigenvalue weighted by Crippen LogP contribution is -2.39. The predicted octanol–water partition coefficient (Wildman–Crippen LogP) is 4.05. The van der Waals surface area contributed by atoms with Gasteiger partial charge in [0.2, 0.25) is 0 Å². The highest BCUT2D eigenvalue weighted by molar-refractivity contribution is 5.89. The highest BCUT2D eigenvalue weighted by Gasteiger charge is 2.27. The number of anilines is 1. The van der Waals surface area contributed by atoms with Crippen LogP contribution in [0.4, 0.5) is 10.5 Å². The Morgan fingerprint density at radius 2 is 1.91 bits per heavy atom. The lowest BCUT2D eigenvalue weighted by Gasteiger charge is -2.23. The quantitative estimate of drug-likeness (QED) is 0.472. The Labute approximate surface area is 194 Å². The van der Waals surface area contributed by atoms with Crippen molar-refractivity contribution in [3.63, 3.8) is 0 Å². The molecule has 0 spiro atoms. The molecule has 0 radical (unpaired) electrons. The third kappa shape index (κ3) is 7.98. The van der Waals surface area contributed by atoms with E-state index in [0.717, 1.165) is 18.4 Å². The molecule has 2 aromatic carbocycles. The standard InChI is InChI=1S/C25H32N2O6/c1-3-32-23(24(28)29)15-18-9-11-21(12-10-18)33-14-13-27(17-19-7-8-19)25(30)26-20-5-4-6-22(16-20)31-2/h4-6,9-12,16,19,23H,3,7-8,13-15,17H2,1-2H3,(H,26,30)(H,28,29). The van der Waals surface area contributed by atoms with Crippen molar-refractivity contribution in [3.05, 3.63) is 54.1 Å². The molecule has 8 nitrogen and oxygen atoms in total. The van der Waals surface area contributed by atoms with Crippen molar-refractivity contribution in [1.29, 1.82) is 0 Å². The number of hydrogen-bond donors (Lipinski definition) is 2. The van der Waals surface area contributed by atoms with E-state index in [2.05, 4.69) is 5.32 Å². The molecule has 2 amide bonds. The van der Waals surface area contributed by atoms with Gasteiger partial charge in [0.15, 0.2) is 6.10 Å². The summed E-state index contributed by atoms with van der Waals surface area (Å²) in [6, 6.07) is 14.4. The van der Waals surface area contributed by atoms with Gasteiger partial charge in [-0.2, -0.15) is 0 Å². The van der Waals surface area contributed by atoms with Crippen LogP contribution in [0.2, 0.25) is 0 Å². The first-order chi connectivity index (χ1) is 16.0. The van der Waals surface area contributed by atoms with Crippen LogP contribution in [0.5, 0.6) is 11.5 Å². The number of carbonyl (C=O) groups excluding carboxylic acids is 1. The number of carbonyl (C=O) groups is 2. The molecule has 1 aliphatic rings. The highest BCUT2D eigenvalue weighted by Crippen LogP contribution is 2.30. The van der Waals surface area contributed by atoms with Crippen molar-refractivity contribution in [2.45, 2.75) is 32.3 Å². The number of methoxy groups -OCH3 is 1. The minimum atomic E-state index is -0.972. The van der Waals surface area contributed by atoms with Gasteiger partial charge in [-0.05, 0) is 55.5 Å². The lowest BCUT2D eigenvalue weighted by molar-refractivity contribution is -0.149. The van der Waals surface area contributed by atoms with Gasteiger partial charge in [0.25, 0.3) is 0 Å². The Morgan fingerprint density at radius 1 is 1.15 bits per heavy atom. The van der Waals surface area contributed by atoms with Crippen molar-refractivity contribution >= 4 is 17.7 Å². The van der Waals surface area contributed by atoms with E-state index in [1.807, 2.05) is 42.5 Å². The second-order valence-electron chi connectivity index (χ2n) is 8.03. The molecule has 1 atom stereocenters. The maximum atomic E-state index is 12.8. The van der Waals surface area contributed by atoms with Crippen LogP contribution in [0.3, 0.4) is 0 Å². The molecule has 1 fully saturated rings. The minimum Gasteiger partial charge on any atom is -0.497 e. The Kier molecular flexibility index (Phi) is 8.95. The maximum Gasteiger partial charge on any atom is 0.333 e. The minimum absolute atomic E-state index is 0.162. The molecule has 0 bridgehead atoms. The van der Waals surface area contributed by atoms with E-state index in [9.17, 15) is 14.7 Å². The summed E-state index contributed by atoms with van der Waals surface area (Å²) in [7, 11) is 1.59. The normalized spacial score (nSPS) is 13.8. The van der Waals surface area contributed by atoms with Crippen LogP contribution < -0.4 is 14.8 Å². The zero-order chi connectivity index (χ0) is 23.6. The monoisotopic (exact) mass is 456 g/mol. The molecule has 3 rings (SSSR count). The summed E-state index contributed by atoms with van der Waals surface area (Å²) in [6.45, 7) is 3.64. The van der Waals surface area contributed by atoms with Crippen LogP contribution in [-0.4, -0.2) is 61.5 Å². The number of nitrogens with zero attached hydrogens (tertiary/aromatic N) is 1. The number of urea groups is 1. The number of benzene rings is 2. The van der Waals surface area contributed by atoms with E-state index in [4.69, 9.17) is 14.2 Å². The third-order valence-corrected chi connectivity index (χ3v) is 5.40. The number of rotatable bonds is 13. The average Bonchev–Trinajstić information content (AvgIpc) is 3.63. The first kappa shape index (κ1) is 24.4. The van der Waals surface area contributed by atoms with Gasteiger partial charge in [0.1, 0.15) is 18.1 Å². The summed E-state index contributed by atoms with van der Waals surface area (Å²) in [5, 5.41) is 12.2. The number of amides is 2. The average molecular weight is 457 g/mol. The molecular formula is C25H32N2O6. The van der Waals surface area contributed by atoms with Crippen LogP contribution in [0.15, 0.2) is 48.5 Å². The van der Waals surface area contributed by atoms with Crippen molar-refractivity contribution in [2.75, 3.05) is 38.7 Å². The van der Waals surface area contributed by atoms with Gasteiger partial charge in [-0.3, -0.25) is 0 Å². The number of aliphatic carboxylic acids is 1. The fourth-order valence-electron chi connectivity index (χ4n) is 3.42. The van der Waals surface area contributed by atoms with E-state index in [1.54, 1.807) is 25.0 Å². The number of carboxylic acid groups (broad SMARTS) is 1. The van der Waals surface area contributed by atoms with Crippen LogP contribution in [-0.2, 0) is 16.0 Å². The molecule has 33 heavy (non-hydrogen) atoms. The Hall–Kier alpha value is -3.26. The highest BCUT2D eigenvalue weighted by atomic mass is 16.5. The molecule has 0 saturated heterocycles. The van der Waals surface area contributed by atoms with Gasteiger partial charge in [0.05, 0.1) is 13.7 Å². The molecule has 8 heteroatoms. The van der Waals surface area contributed by atoms with Gasteiger partial charge in [-0.25, -0.2) is 9.59 Å². The van der Waals surface area contributed by atoms with Crippen LogP contribution in [0.1, 0.15) is 25.3 Å². The van der Waals surface area contributed by atoms with Gasteiger partial charge in [-0.15, -0.1) is 0 Å². The van der Waals surface area contributed by atoms with Crippen LogP contribution in [0, 0.1) is 5.92 Å². The molecule has 0 heterocycles. The second-order valence-corrected chi connectivity index (χ2v) is 8.03. The third-order valence-electron chi connectivity index (χ3n) is 5.40. The van der Waals surface area contributed by atoms with Gasteiger partial charge in [0, 0.05) is 31.3 Å². The van der Waals surface area contributed by atoms with Crippen molar-refractivity contribution in [3.8, 4) is 11.5 Å². The Balaban J connectivity index is 1.51. The first-order valence-electron chi connectivity index (χ1n) is 11.2. The largest absolute Gasteiger partial charge is 0.497 e. The maximum absolute atomic E-state index is 12.8. The summed E-state index contributed by atoms with van der Waals surface area (Å²) in [5.74, 6) is 0.930. The Bertz CT molecular complexity index is 913. The fraction of sp³-hybridized carbons (Fsp3) is 0.440. The van der Waals surface area contributed by atoms with Gasteiger partial charge < -0.3 is 29.5 Å². The fourth-order valence-corrected chi connectivity index (χ4v) is 3.42. The predicted molar refractivity (Wildman–Crippen MR) is 125 cm³/mol. The second kappa shape index (κ2) is 12.1. The number of hydrogen-bond acceptors (Lipinski definition) is 5. The van der Waals surface area contributed by atoms with E-state index >= 15 is 0 Å². The molecule has 178 valence electrons.